The summed E-state index contributed by atoms with van der Waals surface area (Å²) >= 11 is 6.15. The zero-order valence-electron chi connectivity index (χ0n) is 23.6. The number of piperidine rings is 1. The summed E-state index contributed by atoms with van der Waals surface area (Å²) < 4.78 is 5.26. The molecule has 1 atom stereocenters. The van der Waals surface area contributed by atoms with E-state index < -0.39 is 0 Å². The Kier molecular flexibility index (Phi) is 10.8. The zero-order chi connectivity index (χ0) is 27.2. The molecule has 2 saturated heterocycles. The Morgan fingerprint density at radius 2 is 1.65 bits per heavy atom. The lowest BCUT2D eigenvalue weighted by molar-refractivity contribution is -0.139. The van der Waals surface area contributed by atoms with Gasteiger partial charge in [0.25, 0.3) is 0 Å². The molecule has 1 spiro atoms. The van der Waals surface area contributed by atoms with Crippen molar-refractivity contribution >= 4 is 35.8 Å². The van der Waals surface area contributed by atoms with Crippen LogP contribution >= 0.6 is 24.0 Å². The molecule has 0 bridgehead atoms. The van der Waals surface area contributed by atoms with Gasteiger partial charge in [0.1, 0.15) is 5.75 Å². The minimum Gasteiger partial charge on any atom is -0.497 e. The van der Waals surface area contributed by atoms with Crippen molar-refractivity contribution in [1.82, 2.24) is 15.1 Å². The fourth-order valence-electron chi connectivity index (χ4n) is 6.65. The SMILES string of the molecule is COc1ccc(CN2CCC3(CCN(CCC(NC(=O)C4CCCCC4)c4ccc(Cl)cc4)CC3)C2=O)cc1.Cl. The molecule has 1 N–H and O–H groups in total. The first-order valence-corrected chi connectivity index (χ1v) is 15.0. The Morgan fingerprint density at radius 1 is 1.00 bits per heavy atom. The van der Waals surface area contributed by atoms with Gasteiger partial charge in [0.15, 0.2) is 0 Å². The lowest BCUT2D eigenvalue weighted by Crippen LogP contribution is -2.45. The normalized spacial score (nSPS) is 20.2. The van der Waals surface area contributed by atoms with Crippen LogP contribution in [0.4, 0.5) is 0 Å². The molecule has 6 nitrogen and oxygen atoms in total. The third-order valence-corrected chi connectivity index (χ3v) is 9.50. The Labute approximate surface area is 250 Å². The van der Waals surface area contributed by atoms with E-state index in [2.05, 4.69) is 10.2 Å². The molecule has 40 heavy (non-hydrogen) atoms. The van der Waals surface area contributed by atoms with Gasteiger partial charge in [0.05, 0.1) is 18.6 Å². The van der Waals surface area contributed by atoms with Gasteiger partial charge in [0, 0.05) is 30.6 Å². The number of rotatable bonds is 9. The van der Waals surface area contributed by atoms with Crippen molar-refractivity contribution in [2.75, 3.05) is 33.3 Å². The molecule has 2 amide bonds. The molecule has 2 heterocycles. The predicted molar refractivity (Wildman–Crippen MR) is 162 cm³/mol. The van der Waals surface area contributed by atoms with Crippen molar-refractivity contribution in [3.8, 4) is 5.75 Å². The van der Waals surface area contributed by atoms with Crippen molar-refractivity contribution in [2.24, 2.45) is 11.3 Å². The van der Waals surface area contributed by atoms with Crippen LogP contribution in [0.25, 0.3) is 0 Å². The summed E-state index contributed by atoms with van der Waals surface area (Å²) in [6.07, 6.45) is 9.14. The molecule has 1 unspecified atom stereocenters. The molecular weight excluding hydrogens is 545 g/mol. The van der Waals surface area contributed by atoms with Gasteiger partial charge < -0.3 is 19.9 Å². The Hall–Kier alpha value is -2.28. The van der Waals surface area contributed by atoms with Crippen LogP contribution in [0.2, 0.25) is 5.02 Å². The molecule has 1 saturated carbocycles. The standard InChI is InChI=1S/C32H42ClN3O3.ClH/c1-39-28-13-7-24(8-14-28)23-36-22-18-32(31(36)38)16-20-35(21-17-32)19-15-29(25-9-11-27(33)12-10-25)34-30(37)26-5-3-2-4-6-26;/h7-14,26,29H,2-6,15-23H2,1H3,(H,34,37);1H. The van der Waals surface area contributed by atoms with Crippen LogP contribution in [0, 0.1) is 11.3 Å². The highest BCUT2D eigenvalue weighted by atomic mass is 35.5. The van der Waals surface area contributed by atoms with Crippen LogP contribution in [-0.2, 0) is 16.1 Å². The van der Waals surface area contributed by atoms with Crippen molar-refractivity contribution in [3.63, 3.8) is 0 Å². The van der Waals surface area contributed by atoms with Gasteiger partial charge in [-0.2, -0.15) is 0 Å². The van der Waals surface area contributed by atoms with E-state index in [1.807, 2.05) is 53.4 Å². The minimum atomic E-state index is -0.215. The van der Waals surface area contributed by atoms with Gasteiger partial charge in [-0.15, -0.1) is 12.4 Å². The number of nitrogens with zero attached hydrogens (tertiary/aromatic N) is 2. The lowest BCUT2D eigenvalue weighted by atomic mass is 9.77. The summed E-state index contributed by atoms with van der Waals surface area (Å²) in [5.74, 6) is 1.48. The van der Waals surface area contributed by atoms with Crippen LogP contribution in [0.5, 0.6) is 5.75 Å². The number of halogens is 2. The number of carbonyl (C=O) groups excluding carboxylic acids is 2. The average molecular weight is 589 g/mol. The van der Waals surface area contributed by atoms with Crippen molar-refractivity contribution < 1.29 is 14.3 Å². The van der Waals surface area contributed by atoms with Crippen LogP contribution in [0.15, 0.2) is 48.5 Å². The van der Waals surface area contributed by atoms with Gasteiger partial charge in [0.2, 0.25) is 11.8 Å². The number of hydrogen-bond donors (Lipinski definition) is 1. The van der Waals surface area contributed by atoms with Crippen LogP contribution < -0.4 is 10.1 Å². The van der Waals surface area contributed by atoms with Crippen molar-refractivity contribution in [3.05, 3.63) is 64.7 Å². The molecule has 1 aliphatic carbocycles. The van der Waals surface area contributed by atoms with Gasteiger partial charge in [-0.1, -0.05) is 55.1 Å². The Morgan fingerprint density at radius 3 is 2.30 bits per heavy atom. The first-order valence-electron chi connectivity index (χ1n) is 14.7. The second-order valence-electron chi connectivity index (χ2n) is 11.7. The van der Waals surface area contributed by atoms with Crippen LogP contribution in [-0.4, -0.2) is 54.9 Å². The number of amides is 2. The largest absolute Gasteiger partial charge is 0.497 e. The highest BCUT2D eigenvalue weighted by Gasteiger charge is 2.47. The summed E-state index contributed by atoms with van der Waals surface area (Å²) in [5.41, 5.74) is 2.03. The van der Waals surface area contributed by atoms with E-state index in [1.54, 1.807) is 7.11 Å². The number of ether oxygens (including phenoxy) is 1. The second-order valence-corrected chi connectivity index (χ2v) is 12.1. The van der Waals surface area contributed by atoms with E-state index in [9.17, 15) is 9.59 Å². The summed E-state index contributed by atoms with van der Waals surface area (Å²) in [6.45, 7) is 4.24. The molecule has 218 valence electrons. The fourth-order valence-corrected chi connectivity index (χ4v) is 6.77. The fraction of sp³-hybridized carbons (Fsp3) is 0.562. The molecule has 2 aromatic rings. The summed E-state index contributed by atoms with van der Waals surface area (Å²) in [5, 5.41) is 4.08. The highest BCUT2D eigenvalue weighted by Crippen LogP contribution is 2.42. The predicted octanol–water partition coefficient (Wildman–Crippen LogP) is 6.41. The van der Waals surface area contributed by atoms with Gasteiger partial charge in [-0.3, -0.25) is 9.59 Å². The van der Waals surface area contributed by atoms with Crippen molar-refractivity contribution in [1.29, 1.82) is 0 Å². The number of likely N-dealkylation sites (tertiary alicyclic amines) is 2. The minimum absolute atomic E-state index is 0. The summed E-state index contributed by atoms with van der Waals surface area (Å²) in [7, 11) is 1.67. The second kappa shape index (κ2) is 14.1. The van der Waals surface area contributed by atoms with Gasteiger partial charge in [-0.25, -0.2) is 0 Å². The van der Waals surface area contributed by atoms with Crippen LogP contribution in [0.3, 0.4) is 0 Å². The maximum Gasteiger partial charge on any atom is 0.229 e. The molecule has 5 rings (SSSR count). The number of nitrogens with one attached hydrogen (secondary N) is 1. The molecule has 3 fully saturated rings. The molecule has 2 aromatic carbocycles. The zero-order valence-corrected chi connectivity index (χ0v) is 25.2. The van der Waals surface area contributed by atoms with E-state index in [1.165, 1.54) is 6.42 Å². The van der Waals surface area contributed by atoms with E-state index in [0.717, 1.165) is 94.4 Å². The number of methoxy groups -OCH3 is 1. The maximum absolute atomic E-state index is 13.5. The van der Waals surface area contributed by atoms with E-state index >= 15 is 0 Å². The first kappa shape index (κ1) is 30.7. The Balaban J connectivity index is 0.00000370. The molecule has 2 aliphatic heterocycles. The monoisotopic (exact) mass is 587 g/mol. The third kappa shape index (κ3) is 7.32. The number of benzene rings is 2. The Bertz CT molecular complexity index is 1110. The maximum atomic E-state index is 13.5. The van der Waals surface area contributed by atoms with Gasteiger partial charge >= 0.3 is 0 Å². The lowest BCUT2D eigenvalue weighted by Gasteiger charge is -2.38. The molecule has 0 aromatic heterocycles. The summed E-state index contributed by atoms with van der Waals surface area (Å²) in [4.78, 5) is 31.1. The summed E-state index contributed by atoms with van der Waals surface area (Å²) in [6, 6.07) is 15.9. The third-order valence-electron chi connectivity index (χ3n) is 9.25. The van der Waals surface area contributed by atoms with E-state index in [-0.39, 0.29) is 35.7 Å². The van der Waals surface area contributed by atoms with Crippen molar-refractivity contribution in [2.45, 2.75) is 70.4 Å². The smallest absolute Gasteiger partial charge is 0.229 e. The van der Waals surface area contributed by atoms with E-state index in [4.69, 9.17) is 16.3 Å². The molecule has 8 heteroatoms. The van der Waals surface area contributed by atoms with Crippen LogP contribution in [0.1, 0.15) is 75.0 Å². The van der Waals surface area contributed by atoms with Gasteiger partial charge in [-0.05, 0) is 87.0 Å². The molecular formula is C32H43Cl2N3O3. The molecule has 3 aliphatic rings. The number of hydrogen-bond acceptors (Lipinski definition) is 4. The topological polar surface area (TPSA) is 61.9 Å². The quantitative estimate of drug-likeness (QED) is 0.368. The average Bonchev–Trinajstić information content (AvgIpc) is 3.27. The molecule has 0 radical (unpaired) electrons. The highest BCUT2D eigenvalue weighted by molar-refractivity contribution is 6.30. The number of carbonyl (C=O) groups is 2. The van der Waals surface area contributed by atoms with E-state index in [0.29, 0.717) is 17.5 Å². The first-order chi connectivity index (χ1) is 19.0.